The van der Waals surface area contributed by atoms with Gasteiger partial charge in [-0.05, 0) is 31.2 Å². The highest BCUT2D eigenvalue weighted by Gasteiger charge is 2.31. The van der Waals surface area contributed by atoms with E-state index in [0.29, 0.717) is 11.5 Å². The highest BCUT2D eigenvalue weighted by Crippen LogP contribution is 2.18. The van der Waals surface area contributed by atoms with Gasteiger partial charge in [-0.15, -0.1) is 0 Å². The molecule has 0 aliphatic carbocycles. The van der Waals surface area contributed by atoms with Crippen LogP contribution >= 0.6 is 0 Å². The topological polar surface area (TPSA) is 70.5 Å². The van der Waals surface area contributed by atoms with Crippen molar-refractivity contribution in [3.05, 3.63) is 60.7 Å². The number of benzene rings is 2. The molecule has 0 aromatic heterocycles. The summed E-state index contributed by atoms with van der Waals surface area (Å²) < 4.78 is 11.2. The van der Waals surface area contributed by atoms with Crippen LogP contribution < -0.4 is 20.9 Å². The molecular formula is C15H18N2O2. The van der Waals surface area contributed by atoms with Gasteiger partial charge in [-0.3, -0.25) is 11.5 Å². The van der Waals surface area contributed by atoms with Gasteiger partial charge in [-0.25, -0.2) is 0 Å². The van der Waals surface area contributed by atoms with Gasteiger partial charge in [0, 0.05) is 0 Å². The molecule has 2 aromatic carbocycles. The molecule has 2 rings (SSSR count). The van der Waals surface area contributed by atoms with E-state index in [2.05, 4.69) is 0 Å². The molecule has 0 heterocycles. The van der Waals surface area contributed by atoms with Crippen LogP contribution in [0.5, 0.6) is 11.5 Å². The first-order valence-electron chi connectivity index (χ1n) is 6.11. The quantitative estimate of drug-likeness (QED) is 0.806. The normalized spacial score (nSPS) is 12.8. The Morgan fingerprint density at radius 1 is 0.842 bits per heavy atom. The molecule has 0 amide bonds. The lowest BCUT2D eigenvalue weighted by molar-refractivity contribution is -0.0228. The molecule has 0 aliphatic rings. The second kappa shape index (κ2) is 5.73. The smallest absolute Gasteiger partial charge is 0.249 e. The maximum atomic E-state index is 5.97. The fourth-order valence-corrected chi connectivity index (χ4v) is 1.57. The summed E-state index contributed by atoms with van der Waals surface area (Å²) >= 11 is 0. The minimum absolute atomic E-state index is 0.505. The van der Waals surface area contributed by atoms with E-state index in [1.54, 1.807) is 19.1 Å². The summed E-state index contributed by atoms with van der Waals surface area (Å²) in [4.78, 5) is 0. The SMILES string of the molecule is CC(Oc1ccccc1)C(N)(N)Oc1ccccc1. The van der Waals surface area contributed by atoms with Crippen molar-refractivity contribution in [2.45, 2.75) is 18.9 Å². The van der Waals surface area contributed by atoms with Gasteiger partial charge in [0.2, 0.25) is 5.85 Å². The zero-order chi connectivity index (χ0) is 13.7. The zero-order valence-corrected chi connectivity index (χ0v) is 10.8. The first-order chi connectivity index (χ1) is 9.08. The van der Waals surface area contributed by atoms with E-state index in [9.17, 15) is 0 Å². The van der Waals surface area contributed by atoms with Crippen molar-refractivity contribution in [2.75, 3.05) is 0 Å². The van der Waals surface area contributed by atoms with Gasteiger partial charge < -0.3 is 9.47 Å². The van der Waals surface area contributed by atoms with Crippen LogP contribution in [0.25, 0.3) is 0 Å². The fourth-order valence-electron chi connectivity index (χ4n) is 1.57. The van der Waals surface area contributed by atoms with Gasteiger partial charge in [-0.2, -0.15) is 0 Å². The van der Waals surface area contributed by atoms with Gasteiger partial charge in [0.05, 0.1) is 0 Å². The van der Waals surface area contributed by atoms with Crippen molar-refractivity contribution in [1.29, 1.82) is 0 Å². The lowest BCUT2D eigenvalue weighted by Crippen LogP contribution is -2.64. The molecule has 0 radical (unpaired) electrons. The van der Waals surface area contributed by atoms with Gasteiger partial charge in [0.15, 0.2) is 6.10 Å². The molecule has 0 fully saturated rings. The molecule has 19 heavy (non-hydrogen) atoms. The largest absolute Gasteiger partial charge is 0.483 e. The molecule has 4 N–H and O–H groups in total. The lowest BCUT2D eigenvalue weighted by atomic mass is 10.2. The van der Waals surface area contributed by atoms with Crippen LogP contribution in [-0.2, 0) is 0 Å². The van der Waals surface area contributed by atoms with Crippen LogP contribution in [-0.4, -0.2) is 12.0 Å². The Balaban J connectivity index is 2.02. The number of ether oxygens (including phenoxy) is 2. The van der Waals surface area contributed by atoms with Gasteiger partial charge in [-0.1, -0.05) is 36.4 Å². The monoisotopic (exact) mass is 258 g/mol. The van der Waals surface area contributed by atoms with Gasteiger partial charge in [0.25, 0.3) is 0 Å². The molecule has 2 aromatic rings. The molecule has 0 spiro atoms. The van der Waals surface area contributed by atoms with Crippen molar-refractivity contribution in [2.24, 2.45) is 11.5 Å². The molecule has 0 saturated carbocycles. The van der Waals surface area contributed by atoms with E-state index in [1.165, 1.54) is 0 Å². The van der Waals surface area contributed by atoms with Crippen LogP contribution in [0.1, 0.15) is 6.92 Å². The summed E-state index contributed by atoms with van der Waals surface area (Å²) in [5.41, 5.74) is 11.9. The first kappa shape index (κ1) is 13.4. The second-order valence-electron chi connectivity index (χ2n) is 4.34. The van der Waals surface area contributed by atoms with Crippen molar-refractivity contribution in [1.82, 2.24) is 0 Å². The summed E-state index contributed by atoms with van der Waals surface area (Å²) in [7, 11) is 0. The number of para-hydroxylation sites is 2. The lowest BCUT2D eigenvalue weighted by Gasteiger charge is -2.31. The minimum atomic E-state index is -1.41. The van der Waals surface area contributed by atoms with Crippen molar-refractivity contribution >= 4 is 0 Å². The van der Waals surface area contributed by atoms with Crippen LogP contribution in [0, 0.1) is 0 Å². The van der Waals surface area contributed by atoms with E-state index in [0.717, 1.165) is 0 Å². The number of rotatable bonds is 5. The molecule has 4 heteroatoms. The molecule has 0 bridgehead atoms. The Bertz CT molecular complexity index is 500. The maximum Gasteiger partial charge on any atom is 0.249 e. The van der Waals surface area contributed by atoms with E-state index >= 15 is 0 Å². The van der Waals surface area contributed by atoms with Crippen LogP contribution in [0.2, 0.25) is 0 Å². The number of nitrogens with two attached hydrogens (primary N) is 2. The van der Waals surface area contributed by atoms with E-state index in [-0.39, 0.29) is 0 Å². The molecular weight excluding hydrogens is 240 g/mol. The third kappa shape index (κ3) is 3.71. The van der Waals surface area contributed by atoms with Crippen LogP contribution in [0.3, 0.4) is 0 Å². The molecule has 1 unspecified atom stereocenters. The number of hydrogen-bond acceptors (Lipinski definition) is 4. The van der Waals surface area contributed by atoms with Crippen molar-refractivity contribution in [3.63, 3.8) is 0 Å². The van der Waals surface area contributed by atoms with E-state index in [4.69, 9.17) is 20.9 Å². The Hall–Kier alpha value is -2.04. The third-order valence-electron chi connectivity index (χ3n) is 2.73. The zero-order valence-electron chi connectivity index (χ0n) is 10.8. The molecule has 1 atom stereocenters. The second-order valence-corrected chi connectivity index (χ2v) is 4.34. The average Bonchev–Trinajstić information content (AvgIpc) is 2.40. The molecule has 0 aliphatic heterocycles. The highest BCUT2D eigenvalue weighted by molar-refractivity contribution is 5.23. The third-order valence-corrected chi connectivity index (χ3v) is 2.73. The van der Waals surface area contributed by atoms with Gasteiger partial charge >= 0.3 is 0 Å². The van der Waals surface area contributed by atoms with Crippen molar-refractivity contribution in [3.8, 4) is 11.5 Å². The predicted octanol–water partition coefficient (Wildman–Crippen LogP) is 2.10. The Morgan fingerprint density at radius 2 is 1.32 bits per heavy atom. The Labute approximate surface area is 112 Å². The van der Waals surface area contributed by atoms with Gasteiger partial charge in [0.1, 0.15) is 11.5 Å². The summed E-state index contributed by atoms with van der Waals surface area (Å²) in [6.45, 7) is 1.77. The first-order valence-corrected chi connectivity index (χ1v) is 6.11. The summed E-state index contributed by atoms with van der Waals surface area (Å²) in [5.74, 6) is -0.0973. The van der Waals surface area contributed by atoms with E-state index in [1.807, 2.05) is 48.5 Å². The highest BCUT2D eigenvalue weighted by atomic mass is 16.6. The van der Waals surface area contributed by atoms with Crippen LogP contribution in [0.4, 0.5) is 0 Å². The van der Waals surface area contributed by atoms with Crippen LogP contribution in [0.15, 0.2) is 60.7 Å². The molecule has 100 valence electrons. The van der Waals surface area contributed by atoms with Crippen molar-refractivity contribution < 1.29 is 9.47 Å². The summed E-state index contributed by atoms with van der Waals surface area (Å²) in [5, 5.41) is 0. The number of hydrogen-bond donors (Lipinski definition) is 2. The fraction of sp³-hybridized carbons (Fsp3) is 0.200. The Morgan fingerprint density at radius 3 is 1.84 bits per heavy atom. The average molecular weight is 258 g/mol. The Kier molecular flexibility index (Phi) is 4.04. The minimum Gasteiger partial charge on any atom is -0.483 e. The summed E-state index contributed by atoms with van der Waals surface area (Å²) in [6.07, 6.45) is -0.505. The summed E-state index contributed by atoms with van der Waals surface area (Å²) in [6, 6.07) is 18.6. The van der Waals surface area contributed by atoms with E-state index < -0.39 is 12.0 Å². The standard InChI is InChI=1S/C15H18N2O2/c1-12(18-13-8-4-2-5-9-13)15(16,17)19-14-10-6-3-7-11-14/h2-12H,16-17H2,1H3. The maximum absolute atomic E-state index is 5.97. The molecule has 0 saturated heterocycles. The molecule has 4 nitrogen and oxygen atoms in total. The predicted molar refractivity (Wildman–Crippen MR) is 74.7 cm³/mol.